The number of benzene rings is 1. The van der Waals surface area contributed by atoms with Gasteiger partial charge in [-0.25, -0.2) is 4.98 Å². The molecule has 1 saturated carbocycles. The second-order valence-corrected chi connectivity index (χ2v) is 11.8. The summed E-state index contributed by atoms with van der Waals surface area (Å²) in [6.45, 7) is 7.71. The highest BCUT2D eigenvalue weighted by atomic mass is 16.7. The Hall–Kier alpha value is -3.56. The van der Waals surface area contributed by atoms with Crippen molar-refractivity contribution in [2.45, 2.75) is 57.4 Å². The molecular weight excluding hydrogens is 494 g/mol. The van der Waals surface area contributed by atoms with Crippen molar-refractivity contribution in [2.24, 2.45) is 17.8 Å². The minimum atomic E-state index is -0.935. The Labute approximate surface area is 228 Å². The first kappa shape index (κ1) is 25.7. The molecule has 1 aromatic carbocycles. The first-order chi connectivity index (χ1) is 18.8. The fourth-order valence-corrected chi connectivity index (χ4v) is 6.47. The number of imidazole rings is 1. The number of pyridine rings is 1. The number of nitrogens with zero attached hydrogens (tertiary/aromatic N) is 3. The predicted molar refractivity (Wildman–Crippen MR) is 145 cm³/mol. The van der Waals surface area contributed by atoms with E-state index < -0.39 is 6.04 Å². The maximum Gasteiger partial charge on any atom is 0.279 e. The molecule has 9 nitrogen and oxygen atoms in total. The van der Waals surface area contributed by atoms with Gasteiger partial charge >= 0.3 is 0 Å². The van der Waals surface area contributed by atoms with E-state index in [0.717, 1.165) is 18.4 Å². The summed E-state index contributed by atoms with van der Waals surface area (Å²) >= 11 is 0. The molecule has 3 aliphatic rings. The van der Waals surface area contributed by atoms with E-state index in [0.29, 0.717) is 36.3 Å². The standard InChI is InChI=1S/C30H35N5O4/c1-30(2,3)20-6-8-21(9-7-20)35(28(37)24-15-32-17-33-24)26(18-5-4-11-31-14-18)27(36)34-23-13-19-16-39-29-25(19)22(23)10-12-38-29/h4-9,11,14-15,17,19,22-23,25-26,29H,10,12-13,16H2,1-3H3,(H,32,33)(H,34,36)/t19?,22-,23?,25+,26?,29+/m1/s1. The Balaban J connectivity index is 1.37. The molecule has 4 heterocycles. The lowest BCUT2D eigenvalue weighted by atomic mass is 9.86. The summed E-state index contributed by atoms with van der Waals surface area (Å²) in [5.41, 5.74) is 2.56. The minimum Gasteiger partial charge on any atom is -0.352 e. The lowest BCUT2D eigenvalue weighted by molar-refractivity contribution is -0.167. The zero-order valence-electron chi connectivity index (χ0n) is 22.5. The summed E-state index contributed by atoms with van der Waals surface area (Å²) in [6, 6.07) is 10.5. The molecule has 0 radical (unpaired) electrons. The molecule has 2 aromatic heterocycles. The molecule has 2 saturated heterocycles. The molecule has 204 valence electrons. The van der Waals surface area contributed by atoms with E-state index in [4.69, 9.17) is 9.47 Å². The van der Waals surface area contributed by atoms with Crippen molar-refractivity contribution in [3.8, 4) is 0 Å². The molecule has 2 aliphatic heterocycles. The lowest BCUT2D eigenvalue weighted by Gasteiger charge is -2.35. The van der Waals surface area contributed by atoms with Gasteiger partial charge in [0.1, 0.15) is 11.7 Å². The number of H-pyrrole nitrogens is 1. The molecule has 0 bridgehead atoms. The molecule has 6 atom stereocenters. The number of rotatable bonds is 6. The van der Waals surface area contributed by atoms with E-state index in [9.17, 15) is 9.59 Å². The van der Waals surface area contributed by atoms with Crippen LogP contribution in [0.15, 0.2) is 61.3 Å². The molecule has 2 N–H and O–H groups in total. The van der Waals surface area contributed by atoms with Gasteiger partial charge in [0.25, 0.3) is 5.91 Å². The van der Waals surface area contributed by atoms with Gasteiger partial charge in [-0.2, -0.15) is 0 Å². The Morgan fingerprint density at radius 1 is 1.15 bits per heavy atom. The average Bonchev–Trinajstić information content (AvgIpc) is 3.69. The third-order valence-electron chi connectivity index (χ3n) is 8.42. The molecule has 3 unspecified atom stereocenters. The van der Waals surface area contributed by atoms with Crippen molar-refractivity contribution in [2.75, 3.05) is 18.1 Å². The number of anilines is 1. The smallest absolute Gasteiger partial charge is 0.279 e. The van der Waals surface area contributed by atoms with E-state index in [2.05, 4.69) is 41.0 Å². The van der Waals surface area contributed by atoms with E-state index in [1.807, 2.05) is 30.3 Å². The van der Waals surface area contributed by atoms with Crippen LogP contribution in [-0.2, 0) is 19.7 Å². The van der Waals surface area contributed by atoms with Gasteiger partial charge in [-0.15, -0.1) is 0 Å². The molecule has 6 rings (SSSR count). The molecule has 3 aromatic rings. The van der Waals surface area contributed by atoms with Crippen LogP contribution >= 0.6 is 0 Å². The van der Waals surface area contributed by atoms with Crippen LogP contribution in [0.5, 0.6) is 0 Å². The van der Waals surface area contributed by atoms with Crippen molar-refractivity contribution in [3.63, 3.8) is 0 Å². The maximum absolute atomic E-state index is 14.3. The monoisotopic (exact) mass is 529 g/mol. The number of nitrogens with one attached hydrogen (secondary N) is 2. The summed E-state index contributed by atoms with van der Waals surface area (Å²) in [5, 5.41) is 3.35. The number of ether oxygens (including phenoxy) is 2. The van der Waals surface area contributed by atoms with Crippen LogP contribution in [0.2, 0.25) is 0 Å². The number of hydrogen-bond donors (Lipinski definition) is 2. The Bertz CT molecular complexity index is 1300. The Morgan fingerprint density at radius 2 is 1.97 bits per heavy atom. The lowest BCUT2D eigenvalue weighted by Crippen LogP contribution is -2.49. The van der Waals surface area contributed by atoms with Crippen LogP contribution in [-0.4, -0.2) is 52.3 Å². The van der Waals surface area contributed by atoms with Crippen LogP contribution in [0.1, 0.15) is 61.3 Å². The van der Waals surface area contributed by atoms with Crippen molar-refractivity contribution in [1.29, 1.82) is 0 Å². The molecule has 1 aliphatic carbocycles. The Kier molecular flexibility index (Phi) is 6.72. The van der Waals surface area contributed by atoms with Gasteiger partial charge in [0.05, 0.1) is 19.5 Å². The molecule has 39 heavy (non-hydrogen) atoms. The fraction of sp³-hybridized carbons (Fsp3) is 0.467. The second-order valence-electron chi connectivity index (χ2n) is 11.8. The van der Waals surface area contributed by atoms with Crippen molar-refractivity contribution in [3.05, 3.63) is 78.1 Å². The maximum atomic E-state index is 14.3. The number of amides is 2. The van der Waals surface area contributed by atoms with Gasteiger partial charge in [-0.1, -0.05) is 39.0 Å². The van der Waals surface area contributed by atoms with Gasteiger partial charge in [-0.05, 0) is 53.9 Å². The largest absolute Gasteiger partial charge is 0.352 e. The van der Waals surface area contributed by atoms with E-state index in [1.54, 1.807) is 29.6 Å². The van der Waals surface area contributed by atoms with Crippen LogP contribution in [0.4, 0.5) is 5.69 Å². The topological polar surface area (TPSA) is 109 Å². The number of carbonyl (C=O) groups is 2. The first-order valence-electron chi connectivity index (χ1n) is 13.7. The van der Waals surface area contributed by atoms with Gasteiger partial charge in [0, 0.05) is 41.8 Å². The highest BCUT2D eigenvalue weighted by molar-refractivity contribution is 6.09. The molecule has 2 amide bonds. The van der Waals surface area contributed by atoms with Crippen molar-refractivity contribution >= 4 is 17.5 Å². The third-order valence-corrected chi connectivity index (χ3v) is 8.42. The second kappa shape index (κ2) is 10.2. The zero-order chi connectivity index (χ0) is 27.1. The molecule has 9 heteroatoms. The SMILES string of the molecule is CC(C)(C)c1ccc(N(C(=O)c2c[nH]cn2)C(C(=O)NC2CC3CO[C@@H]4OCC[C@H]2[C@H]34)c2cccnc2)cc1. The average molecular weight is 530 g/mol. The van der Waals surface area contributed by atoms with Crippen molar-refractivity contribution in [1.82, 2.24) is 20.3 Å². The van der Waals surface area contributed by atoms with E-state index in [1.165, 1.54) is 6.33 Å². The van der Waals surface area contributed by atoms with E-state index >= 15 is 0 Å². The Morgan fingerprint density at radius 3 is 2.67 bits per heavy atom. The fourth-order valence-electron chi connectivity index (χ4n) is 6.47. The highest BCUT2D eigenvalue weighted by Crippen LogP contribution is 2.49. The molecular formula is C30H35N5O4. The normalized spacial score (nSPS) is 26.6. The predicted octanol–water partition coefficient (Wildman–Crippen LogP) is 4.00. The number of hydrogen-bond acceptors (Lipinski definition) is 6. The van der Waals surface area contributed by atoms with Crippen LogP contribution in [0.3, 0.4) is 0 Å². The van der Waals surface area contributed by atoms with Gasteiger partial charge in [0.15, 0.2) is 6.29 Å². The van der Waals surface area contributed by atoms with Crippen LogP contribution in [0, 0.1) is 17.8 Å². The van der Waals surface area contributed by atoms with Gasteiger partial charge in [0.2, 0.25) is 5.91 Å². The molecule has 0 spiro atoms. The quantitative estimate of drug-likeness (QED) is 0.500. The third kappa shape index (κ3) is 4.85. The zero-order valence-corrected chi connectivity index (χ0v) is 22.5. The van der Waals surface area contributed by atoms with Gasteiger partial charge < -0.3 is 19.8 Å². The first-order valence-corrected chi connectivity index (χ1v) is 13.7. The summed E-state index contributed by atoms with van der Waals surface area (Å²) in [6.07, 6.45) is 7.88. The molecule has 3 fully saturated rings. The summed E-state index contributed by atoms with van der Waals surface area (Å²) < 4.78 is 11.7. The highest BCUT2D eigenvalue weighted by Gasteiger charge is 2.54. The van der Waals surface area contributed by atoms with E-state index in [-0.39, 0.29) is 41.2 Å². The van der Waals surface area contributed by atoms with Crippen LogP contribution in [0.25, 0.3) is 0 Å². The minimum absolute atomic E-state index is 0.00688. The number of aromatic nitrogens is 3. The number of carbonyl (C=O) groups excluding carboxylic acids is 2. The summed E-state index contributed by atoms with van der Waals surface area (Å²) in [4.78, 5) is 41.2. The number of aromatic amines is 1. The summed E-state index contributed by atoms with van der Waals surface area (Å²) in [5.74, 6) is 0.352. The van der Waals surface area contributed by atoms with Crippen LogP contribution < -0.4 is 10.2 Å². The van der Waals surface area contributed by atoms with Crippen molar-refractivity contribution < 1.29 is 19.1 Å². The van der Waals surface area contributed by atoms with Gasteiger partial charge in [-0.3, -0.25) is 19.5 Å². The summed E-state index contributed by atoms with van der Waals surface area (Å²) in [7, 11) is 0.